The molecular weight excluding hydrogens is 438 g/mol. The first-order chi connectivity index (χ1) is 13.9. The van der Waals surface area contributed by atoms with Crippen LogP contribution in [-0.4, -0.2) is 30.6 Å². The van der Waals surface area contributed by atoms with Crippen molar-refractivity contribution < 1.29 is 24.2 Å². The second-order valence-corrected chi connectivity index (χ2v) is 7.29. The van der Waals surface area contributed by atoms with Crippen LogP contribution in [0.2, 0.25) is 0 Å². The molecule has 0 bridgehead atoms. The number of carboxylic acid groups (broad SMARTS) is 1. The predicted octanol–water partition coefficient (Wildman–Crippen LogP) is 4.34. The van der Waals surface area contributed by atoms with Crippen molar-refractivity contribution in [3.8, 4) is 11.5 Å². The number of rotatable bonds is 10. The molecule has 0 unspecified atom stereocenters. The summed E-state index contributed by atoms with van der Waals surface area (Å²) >= 11 is 3.50. The van der Waals surface area contributed by atoms with E-state index < -0.39 is 5.97 Å². The molecule has 0 aromatic heterocycles. The van der Waals surface area contributed by atoms with Gasteiger partial charge in [0.1, 0.15) is 6.61 Å². The first-order valence-electron chi connectivity index (χ1n) is 9.12. The molecule has 1 amide bonds. The third-order valence-electron chi connectivity index (χ3n) is 4.01. The number of carbonyl (C=O) groups is 2. The normalized spacial score (nSPS) is 10.7. The van der Waals surface area contributed by atoms with Gasteiger partial charge in [-0.2, -0.15) is 0 Å². The van der Waals surface area contributed by atoms with Crippen LogP contribution in [-0.2, 0) is 16.2 Å². The van der Waals surface area contributed by atoms with Crippen LogP contribution in [0.25, 0.3) is 6.08 Å². The Morgan fingerprint density at radius 2 is 2.03 bits per heavy atom. The maximum atomic E-state index is 11.8. The van der Waals surface area contributed by atoms with Gasteiger partial charge in [-0.25, -0.2) is 0 Å². The van der Waals surface area contributed by atoms with Gasteiger partial charge in [0.25, 0.3) is 0 Å². The maximum Gasteiger partial charge on any atom is 0.303 e. The monoisotopic (exact) mass is 461 g/mol. The van der Waals surface area contributed by atoms with Crippen molar-refractivity contribution in [2.75, 3.05) is 13.7 Å². The lowest BCUT2D eigenvalue weighted by molar-refractivity contribution is -0.137. The van der Waals surface area contributed by atoms with Crippen molar-refractivity contribution in [1.29, 1.82) is 0 Å². The highest BCUT2D eigenvalue weighted by Gasteiger charge is 2.11. The lowest BCUT2D eigenvalue weighted by atomic mass is 10.1. The van der Waals surface area contributed by atoms with Crippen molar-refractivity contribution in [3.05, 3.63) is 63.6 Å². The molecule has 154 valence electrons. The minimum absolute atomic E-state index is 0.0259. The fraction of sp³-hybridized carbons (Fsp3) is 0.273. The number of hydrogen-bond acceptors (Lipinski definition) is 4. The van der Waals surface area contributed by atoms with Crippen molar-refractivity contribution in [2.24, 2.45) is 0 Å². The van der Waals surface area contributed by atoms with Gasteiger partial charge in [-0.05, 0) is 58.6 Å². The van der Waals surface area contributed by atoms with E-state index in [1.807, 2.05) is 31.2 Å². The highest BCUT2D eigenvalue weighted by molar-refractivity contribution is 9.10. The fourth-order valence-corrected chi connectivity index (χ4v) is 3.19. The Balaban J connectivity index is 2.01. The predicted molar refractivity (Wildman–Crippen MR) is 115 cm³/mol. The summed E-state index contributed by atoms with van der Waals surface area (Å²) in [5.41, 5.74) is 2.98. The molecule has 0 fully saturated rings. The molecule has 6 nitrogen and oxygen atoms in total. The van der Waals surface area contributed by atoms with Crippen LogP contribution in [0.1, 0.15) is 29.5 Å². The molecule has 0 atom stereocenters. The fourth-order valence-electron chi connectivity index (χ4n) is 2.62. The number of carbonyl (C=O) groups excluding carboxylic acids is 1. The van der Waals surface area contributed by atoms with E-state index in [1.54, 1.807) is 19.3 Å². The number of hydrogen-bond donors (Lipinski definition) is 2. The molecule has 2 N–H and O–H groups in total. The first-order valence-corrected chi connectivity index (χ1v) is 9.92. The summed E-state index contributed by atoms with van der Waals surface area (Å²) in [5, 5.41) is 11.2. The largest absolute Gasteiger partial charge is 0.493 e. The maximum absolute atomic E-state index is 11.8. The van der Waals surface area contributed by atoms with Crippen molar-refractivity contribution in [1.82, 2.24) is 5.32 Å². The summed E-state index contributed by atoms with van der Waals surface area (Å²) in [6, 6.07) is 11.7. The number of amides is 1. The second-order valence-electron chi connectivity index (χ2n) is 6.43. The van der Waals surface area contributed by atoms with E-state index in [0.29, 0.717) is 35.5 Å². The van der Waals surface area contributed by atoms with Gasteiger partial charge in [0.05, 0.1) is 11.6 Å². The summed E-state index contributed by atoms with van der Waals surface area (Å²) in [6.45, 7) is 2.75. The van der Waals surface area contributed by atoms with Gasteiger partial charge in [0.15, 0.2) is 11.5 Å². The number of aliphatic carboxylic acids is 1. The molecule has 2 aromatic carbocycles. The Morgan fingerprint density at radius 1 is 1.24 bits per heavy atom. The molecule has 7 heteroatoms. The lowest BCUT2D eigenvalue weighted by Gasteiger charge is -2.14. The molecule has 0 saturated carbocycles. The molecule has 0 aliphatic carbocycles. The average Bonchev–Trinajstić information content (AvgIpc) is 2.68. The number of methoxy groups -OCH3 is 1. The van der Waals surface area contributed by atoms with Crippen LogP contribution in [0.4, 0.5) is 0 Å². The van der Waals surface area contributed by atoms with E-state index in [4.69, 9.17) is 14.6 Å². The van der Waals surface area contributed by atoms with Crippen molar-refractivity contribution >= 4 is 33.9 Å². The summed E-state index contributed by atoms with van der Waals surface area (Å²) in [4.78, 5) is 22.3. The molecule has 0 saturated heterocycles. The third kappa shape index (κ3) is 7.62. The summed E-state index contributed by atoms with van der Waals surface area (Å²) < 4.78 is 12.1. The average molecular weight is 462 g/mol. The minimum Gasteiger partial charge on any atom is -0.493 e. The quantitative estimate of drug-likeness (QED) is 0.406. The molecule has 0 radical (unpaired) electrons. The Labute approximate surface area is 178 Å². The van der Waals surface area contributed by atoms with Gasteiger partial charge < -0.3 is 19.9 Å². The van der Waals surface area contributed by atoms with Gasteiger partial charge in [0, 0.05) is 19.0 Å². The topological polar surface area (TPSA) is 84.9 Å². The van der Waals surface area contributed by atoms with Crippen molar-refractivity contribution in [3.63, 3.8) is 0 Å². The van der Waals surface area contributed by atoms with Gasteiger partial charge in [-0.15, -0.1) is 0 Å². The van der Waals surface area contributed by atoms with Crippen LogP contribution < -0.4 is 14.8 Å². The zero-order valence-corrected chi connectivity index (χ0v) is 18.0. The number of ether oxygens (including phenoxy) is 2. The molecule has 0 heterocycles. The van der Waals surface area contributed by atoms with Crippen LogP contribution in [0.3, 0.4) is 0 Å². The van der Waals surface area contributed by atoms with Gasteiger partial charge in [0.2, 0.25) is 5.91 Å². The smallest absolute Gasteiger partial charge is 0.303 e. The van der Waals surface area contributed by atoms with E-state index in [9.17, 15) is 9.59 Å². The molecule has 0 aliphatic rings. The summed E-state index contributed by atoms with van der Waals surface area (Å²) in [7, 11) is 1.56. The summed E-state index contributed by atoms with van der Waals surface area (Å²) in [6.07, 6.45) is 3.47. The second kappa shape index (κ2) is 11.3. The van der Waals surface area contributed by atoms with Crippen LogP contribution in [0, 0.1) is 6.92 Å². The number of aryl methyl sites for hydroxylation is 1. The first kappa shape index (κ1) is 22.5. The SMILES string of the molecule is COc1cc(/C=C/C(=O)NCCCC(=O)O)cc(Br)c1OCc1cccc(C)c1. The Hall–Kier alpha value is -2.80. The number of carboxylic acids is 1. The minimum atomic E-state index is -0.878. The standard InChI is InChI=1S/C22H24BrNO5/c1-15-5-3-6-17(11-15)14-29-22-18(23)12-16(13-19(22)28-2)8-9-20(25)24-10-4-7-21(26)27/h3,5-6,8-9,11-13H,4,7,10,14H2,1-2H3,(H,24,25)(H,26,27)/b9-8+. The number of halogens is 1. The molecule has 2 rings (SSSR count). The molecule has 0 spiro atoms. The van der Waals surface area contributed by atoms with E-state index in [-0.39, 0.29) is 12.3 Å². The third-order valence-corrected chi connectivity index (χ3v) is 4.60. The van der Waals surface area contributed by atoms with E-state index in [1.165, 1.54) is 11.6 Å². The Morgan fingerprint density at radius 3 is 2.72 bits per heavy atom. The van der Waals surface area contributed by atoms with Gasteiger partial charge >= 0.3 is 5.97 Å². The van der Waals surface area contributed by atoms with Crippen molar-refractivity contribution in [2.45, 2.75) is 26.4 Å². The molecule has 2 aromatic rings. The van der Waals surface area contributed by atoms with E-state index in [2.05, 4.69) is 27.3 Å². The Kier molecular flexibility index (Phi) is 8.73. The Bertz CT molecular complexity index is 895. The van der Waals surface area contributed by atoms with Crippen LogP contribution >= 0.6 is 15.9 Å². The van der Waals surface area contributed by atoms with E-state index >= 15 is 0 Å². The number of benzene rings is 2. The van der Waals surface area contributed by atoms with Gasteiger partial charge in [-0.1, -0.05) is 29.8 Å². The summed E-state index contributed by atoms with van der Waals surface area (Å²) in [5.74, 6) is -0.0282. The molecule has 29 heavy (non-hydrogen) atoms. The molecular formula is C22H24BrNO5. The zero-order valence-electron chi connectivity index (χ0n) is 16.4. The highest BCUT2D eigenvalue weighted by Crippen LogP contribution is 2.37. The van der Waals surface area contributed by atoms with Crippen LogP contribution in [0.15, 0.2) is 46.9 Å². The van der Waals surface area contributed by atoms with Gasteiger partial charge in [-0.3, -0.25) is 9.59 Å². The number of nitrogens with one attached hydrogen (secondary N) is 1. The molecule has 0 aliphatic heterocycles. The van der Waals surface area contributed by atoms with E-state index in [0.717, 1.165) is 11.1 Å². The zero-order chi connectivity index (χ0) is 21.2. The highest BCUT2D eigenvalue weighted by atomic mass is 79.9. The lowest BCUT2D eigenvalue weighted by Crippen LogP contribution is -2.22. The van der Waals surface area contributed by atoms with Crippen LogP contribution in [0.5, 0.6) is 11.5 Å².